The van der Waals surface area contributed by atoms with E-state index in [1.165, 1.54) is 11.3 Å². The first-order valence-corrected chi connectivity index (χ1v) is 9.42. The van der Waals surface area contributed by atoms with Gasteiger partial charge in [0.2, 0.25) is 0 Å². The number of esters is 1. The van der Waals surface area contributed by atoms with E-state index in [2.05, 4.69) is 4.99 Å². The summed E-state index contributed by atoms with van der Waals surface area (Å²) in [5.41, 5.74) is 1.39. The number of amides is 1. The van der Waals surface area contributed by atoms with E-state index >= 15 is 0 Å². The van der Waals surface area contributed by atoms with Gasteiger partial charge in [-0.3, -0.25) is 4.79 Å². The maximum atomic E-state index is 12.2. The van der Waals surface area contributed by atoms with Crippen molar-refractivity contribution in [2.24, 2.45) is 12.0 Å². The summed E-state index contributed by atoms with van der Waals surface area (Å²) in [4.78, 5) is 28.8. The lowest BCUT2D eigenvalue weighted by molar-refractivity contribution is -0.118. The van der Waals surface area contributed by atoms with Crippen LogP contribution in [-0.4, -0.2) is 29.7 Å². The maximum Gasteiger partial charge on any atom is 0.338 e. The number of hydrogen-bond acceptors (Lipinski definition) is 5. The van der Waals surface area contributed by atoms with Crippen LogP contribution in [0.4, 0.5) is 0 Å². The average Bonchev–Trinajstić information content (AvgIpc) is 2.98. The quantitative estimate of drug-likeness (QED) is 0.612. The minimum Gasteiger partial charge on any atom is -0.493 e. The van der Waals surface area contributed by atoms with Crippen molar-refractivity contribution in [2.75, 3.05) is 13.2 Å². The van der Waals surface area contributed by atoms with Crippen molar-refractivity contribution in [2.45, 2.75) is 13.3 Å². The van der Waals surface area contributed by atoms with E-state index in [1.807, 2.05) is 48.0 Å². The van der Waals surface area contributed by atoms with Crippen LogP contribution < -0.4 is 9.54 Å². The molecule has 7 heteroatoms. The number of rotatable bonds is 6. The average molecular weight is 384 g/mol. The van der Waals surface area contributed by atoms with Crippen molar-refractivity contribution in [3.05, 3.63) is 58.9 Å². The number of aromatic nitrogens is 1. The van der Waals surface area contributed by atoms with Crippen molar-refractivity contribution < 1.29 is 19.1 Å². The van der Waals surface area contributed by atoms with E-state index in [0.717, 1.165) is 16.0 Å². The largest absolute Gasteiger partial charge is 0.493 e. The van der Waals surface area contributed by atoms with Crippen LogP contribution in [0.3, 0.4) is 0 Å². The molecule has 1 amide bonds. The van der Waals surface area contributed by atoms with Crippen molar-refractivity contribution in [3.8, 4) is 5.75 Å². The number of aryl methyl sites for hydroxylation is 1. The second kappa shape index (κ2) is 8.64. The molecule has 0 aliphatic rings. The van der Waals surface area contributed by atoms with Gasteiger partial charge < -0.3 is 14.0 Å². The molecule has 0 bridgehead atoms. The number of benzene rings is 2. The van der Waals surface area contributed by atoms with Crippen molar-refractivity contribution in [1.82, 2.24) is 4.57 Å². The molecule has 27 heavy (non-hydrogen) atoms. The van der Waals surface area contributed by atoms with Gasteiger partial charge in [0.15, 0.2) is 4.80 Å². The molecule has 0 N–H and O–H groups in total. The number of carbonyl (C=O) groups is 2. The van der Waals surface area contributed by atoms with Crippen LogP contribution >= 0.6 is 11.3 Å². The molecule has 0 saturated carbocycles. The Morgan fingerprint density at radius 3 is 2.67 bits per heavy atom. The van der Waals surface area contributed by atoms with Crippen molar-refractivity contribution in [3.63, 3.8) is 0 Å². The second-order valence-corrected chi connectivity index (χ2v) is 6.77. The fourth-order valence-corrected chi connectivity index (χ4v) is 3.59. The smallest absolute Gasteiger partial charge is 0.338 e. The number of thiazole rings is 1. The SMILES string of the molecule is CCOC(=O)c1ccc2c(c1)sc(=NC(=O)CCOc1ccccc1)n2C. The van der Waals surface area contributed by atoms with Gasteiger partial charge in [0, 0.05) is 7.05 Å². The minimum atomic E-state index is -0.358. The molecule has 0 radical (unpaired) electrons. The highest BCUT2D eigenvalue weighted by Crippen LogP contribution is 2.19. The molecule has 0 saturated heterocycles. The Morgan fingerprint density at radius 1 is 1.15 bits per heavy atom. The van der Waals surface area contributed by atoms with Crippen LogP contribution in [0.25, 0.3) is 10.2 Å². The first-order chi connectivity index (χ1) is 13.1. The third-order valence-electron chi connectivity index (χ3n) is 3.87. The molecule has 1 heterocycles. The molecule has 0 spiro atoms. The summed E-state index contributed by atoms with van der Waals surface area (Å²) >= 11 is 1.36. The van der Waals surface area contributed by atoms with Gasteiger partial charge in [0.05, 0.1) is 35.4 Å². The van der Waals surface area contributed by atoms with E-state index in [-0.39, 0.29) is 24.9 Å². The van der Waals surface area contributed by atoms with Gasteiger partial charge in [-0.2, -0.15) is 4.99 Å². The summed E-state index contributed by atoms with van der Waals surface area (Å²) in [7, 11) is 1.84. The molecule has 0 aliphatic heterocycles. The van der Waals surface area contributed by atoms with E-state index in [1.54, 1.807) is 19.1 Å². The Morgan fingerprint density at radius 2 is 1.93 bits per heavy atom. The fraction of sp³-hybridized carbons (Fsp3) is 0.250. The highest BCUT2D eigenvalue weighted by molar-refractivity contribution is 7.16. The van der Waals surface area contributed by atoms with Crippen LogP contribution in [-0.2, 0) is 16.6 Å². The summed E-state index contributed by atoms with van der Waals surface area (Å²) < 4.78 is 13.3. The van der Waals surface area contributed by atoms with Gasteiger partial charge in [-0.25, -0.2) is 4.79 Å². The number of carbonyl (C=O) groups excluding carboxylic acids is 2. The third-order valence-corrected chi connectivity index (χ3v) is 4.96. The Balaban J connectivity index is 1.73. The second-order valence-electron chi connectivity index (χ2n) is 5.76. The Labute approximate surface area is 160 Å². The number of hydrogen-bond donors (Lipinski definition) is 0. The molecule has 2 aromatic carbocycles. The lowest BCUT2D eigenvalue weighted by Gasteiger charge is -2.03. The number of para-hydroxylation sites is 1. The van der Waals surface area contributed by atoms with Crippen LogP contribution in [0.5, 0.6) is 5.75 Å². The zero-order chi connectivity index (χ0) is 19.2. The highest BCUT2D eigenvalue weighted by Gasteiger charge is 2.11. The third kappa shape index (κ3) is 4.62. The van der Waals surface area contributed by atoms with Crippen molar-refractivity contribution in [1.29, 1.82) is 0 Å². The van der Waals surface area contributed by atoms with Crippen LogP contribution in [0.1, 0.15) is 23.7 Å². The Bertz CT molecular complexity index is 1020. The summed E-state index contributed by atoms with van der Waals surface area (Å²) in [5.74, 6) is 0.117. The van der Waals surface area contributed by atoms with Gasteiger partial charge in [0.1, 0.15) is 5.75 Å². The normalized spacial score (nSPS) is 11.6. The zero-order valence-electron chi connectivity index (χ0n) is 15.2. The van der Waals surface area contributed by atoms with E-state index in [4.69, 9.17) is 9.47 Å². The van der Waals surface area contributed by atoms with Gasteiger partial charge in [-0.15, -0.1) is 0 Å². The summed E-state index contributed by atoms with van der Waals surface area (Å²) in [6.45, 7) is 2.37. The summed E-state index contributed by atoms with van der Waals surface area (Å²) in [6.07, 6.45) is 0.192. The topological polar surface area (TPSA) is 69.9 Å². The Hall–Kier alpha value is -2.93. The zero-order valence-corrected chi connectivity index (χ0v) is 16.0. The van der Waals surface area contributed by atoms with Crippen molar-refractivity contribution >= 4 is 33.4 Å². The molecular formula is C20H20N2O4S. The van der Waals surface area contributed by atoms with E-state index in [9.17, 15) is 9.59 Å². The lowest BCUT2D eigenvalue weighted by atomic mass is 10.2. The maximum absolute atomic E-state index is 12.2. The molecule has 3 rings (SSSR count). The standard InChI is InChI=1S/C20H20N2O4S/c1-3-25-19(24)14-9-10-16-17(13-14)27-20(22(16)2)21-18(23)11-12-26-15-7-5-4-6-8-15/h4-10,13H,3,11-12H2,1-2H3. The predicted octanol–water partition coefficient (Wildman–Crippen LogP) is 3.31. The fourth-order valence-electron chi connectivity index (χ4n) is 2.52. The molecule has 3 aromatic rings. The van der Waals surface area contributed by atoms with E-state index < -0.39 is 0 Å². The minimum absolute atomic E-state index is 0.192. The van der Waals surface area contributed by atoms with E-state index in [0.29, 0.717) is 17.0 Å². The molecular weight excluding hydrogens is 364 g/mol. The summed E-state index contributed by atoms with van der Waals surface area (Å²) in [5, 5.41) is 0. The van der Waals surface area contributed by atoms with Crippen LogP contribution in [0.15, 0.2) is 53.5 Å². The first-order valence-electron chi connectivity index (χ1n) is 8.60. The highest BCUT2D eigenvalue weighted by atomic mass is 32.1. The number of fused-ring (bicyclic) bond motifs is 1. The summed E-state index contributed by atoms with van der Waals surface area (Å²) in [6, 6.07) is 14.7. The number of nitrogens with zero attached hydrogens (tertiary/aromatic N) is 2. The first kappa shape index (κ1) is 18.8. The lowest BCUT2D eigenvalue weighted by Crippen LogP contribution is -2.14. The number of ether oxygens (including phenoxy) is 2. The van der Waals surface area contributed by atoms with Crippen LogP contribution in [0, 0.1) is 0 Å². The molecule has 140 valence electrons. The molecule has 0 atom stereocenters. The van der Waals surface area contributed by atoms with Gasteiger partial charge in [0.25, 0.3) is 5.91 Å². The monoisotopic (exact) mass is 384 g/mol. The van der Waals surface area contributed by atoms with Gasteiger partial charge in [-0.1, -0.05) is 29.5 Å². The van der Waals surface area contributed by atoms with Crippen LogP contribution in [0.2, 0.25) is 0 Å². The predicted molar refractivity (Wildman–Crippen MR) is 104 cm³/mol. The van der Waals surface area contributed by atoms with Gasteiger partial charge in [-0.05, 0) is 37.3 Å². The molecule has 0 fully saturated rings. The molecule has 0 unspecified atom stereocenters. The molecule has 1 aromatic heterocycles. The Kier molecular flexibility index (Phi) is 6.03. The molecule has 0 aliphatic carbocycles. The van der Waals surface area contributed by atoms with Gasteiger partial charge >= 0.3 is 5.97 Å². The molecule has 6 nitrogen and oxygen atoms in total.